The van der Waals surface area contributed by atoms with Gasteiger partial charge in [-0.3, -0.25) is 9.69 Å². The molecule has 31 heavy (non-hydrogen) atoms. The van der Waals surface area contributed by atoms with Crippen LogP contribution in [0.4, 0.5) is 9.52 Å². The molecule has 0 spiro atoms. The van der Waals surface area contributed by atoms with E-state index in [0.717, 1.165) is 58.0 Å². The van der Waals surface area contributed by atoms with Crippen molar-refractivity contribution < 1.29 is 9.18 Å². The summed E-state index contributed by atoms with van der Waals surface area (Å²) in [7, 11) is 0. The molecule has 1 aliphatic heterocycles. The molecule has 5 nitrogen and oxygen atoms in total. The molecule has 0 radical (unpaired) electrons. The summed E-state index contributed by atoms with van der Waals surface area (Å²) in [5.74, 6) is 0.498. The van der Waals surface area contributed by atoms with Gasteiger partial charge in [-0.1, -0.05) is 22.9 Å². The third-order valence-corrected chi connectivity index (χ3v) is 7.47. The number of rotatable bonds is 8. The second-order valence-corrected chi connectivity index (χ2v) is 9.95. The summed E-state index contributed by atoms with van der Waals surface area (Å²) in [5, 5.41) is 4.79. The van der Waals surface area contributed by atoms with Crippen LogP contribution in [0.25, 0.3) is 10.2 Å². The van der Waals surface area contributed by atoms with Crippen LogP contribution in [-0.4, -0.2) is 60.8 Å². The van der Waals surface area contributed by atoms with E-state index in [1.807, 2.05) is 18.2 Å². The zero-order chi connectivity index (χ0) is 21.6. The molecule has 1 amide bonds. The van der Waals surface area contributed by atoms with Crippen molar-refractivity contribution in [1.82, 2.24) is 15.2 Å². The van der Waals surface area contributed by atoms with Crippen molar-refractivity contribution in [3.05, 3.63) is 53.3 Å². The van der Waals surface area contributed by atoms with Crippen LogP contribution in [0.2, 0.25) is 5.02 Å². The lowest BCUT2D eigenvalue weighted by molar-refractivity contribution is -0.120. The van der Waals surface area contributed by atoms with E-state index in [-0.39, 0.29) is 11.7 Å². The van der Waals surface area contributed by atoms with E-state index in [1.54, 1.807) is 35.2 Å². The maximum atomic E-state index is 12.9. The number of nitrogens with zero attached hydrogens (tertiary/aromatic N) is 3. The Balaban J connectivity index is 1.13. The normalized spacial score (nSPS) is 14.8. The van der Waals surface area contributed by atoms with Crippen molar-refractivity contribution in [3.8, 4) is 0 Å². The molecule has 164 valence electrons. The van der Waals surface area contributed by atoms with Crippen molar-refractivity contribution in [2.24, 2.45) is 0 Å². The zero-order valence-corrected chi connectivity index (χ0v) is 19.4. The van der Waals surface area contributed by atoms with Gasteiger partial charge in [0.25, 0.3) is 0 Å². The van der Waals surface area contributed by atoms with Crippen molar-refractivity contribution in [1.29, 1.82) is 0 Å². The summed E-state index contributed by atoms with van der Waals surface area (Å²) in [4.78, 5) is 22.4. The van der Waals surface area contributed by atoms with Crippen molar-refractivity contribution in [2.45, 2.75) is 11.3 Å². The summed E-state index contributed by atoms with van der Waals surface area (Å²) in [6.45, 7) is 5.26. The monoisotopic (exact) mass is 478 g/mol. The van der Waals surface area contributed by atoms with E-state index in [2.05, 4.69) is 15.1 Å². The predicted octanol–water partition coefficient (Wildman–Crippen LogP) is 4.51. The molecule has 2 heterocycles. The molecule has 1 aliphatic rings. The summed E-state index contributed by atoms with van der Waals surface area (Å²) in [6.07, 6.45) is 0.456. The fourth-order valence-corrected chi connectivity index (χ4v) is 5.56. The third-order valence-electron chi connectivity index (χ3n) is 5.14. The van der Waals surface area contributed by atoms with Gasteiger partial charge in [-0.25, -0.2) is 9.37 Å². The van der Waals surface area contributed by atoms with Crippen molar-refractivity contribution >= 4 is 56.0 Å². The second-order valence-electron chi connectivity index (χ2n) is 7.34. The van der Waals surface area contributed by atoms with Crippen LogP contribution in [0.3, 0.4) is 0 Å². The molecule has 0 atom stereocenters. The van der Waals surface area contributed by atoms with E-state index >= 15 is 0 Å². The van der Waals surface area contributed by atoms with Gasteiger partial charge in [-0.05, 0) is 42.5 Å². The topological polar surface area (TPSA) is 48.5 Å². The summed E-state index contributed by atoms with van der Waals surface area (Å²) in [5.41, 5.74) is 0.993. The number of nitrogens with one attached hydrogen (secondary N) is 1. The number of thioether (sulfide) groups is 1. The Morgan fingerprint density at radius 3 is 2.71 bits per heavy atom. The number of fused-ring (bicyclic) bond motifs is 1. The molecule has 3 aromatic rings. The molecule has 1 aromatic heterocycles. The number of hydrogen-bond donors (Lipinski definition) is 1. The quantitative estimate of drug-likeness (QED) is 0.483. The van der Waals surface area contributed by atoms with Crippen LogP contribution in [0, 0.1) is 5.82 Å². The predicted molar refractivity (Wildman–Crippen MR) is 128 cm³/mol. The lowest BCUT2D eigenvalue weighted by atomic mass is 10.3. The first-order valence-electron chi connectivity index (χ1n) is 10.3. The third kappa shape index (κ3) is 6.32. The lowest BCUT2D eigenvalue weighted by Crippen LogP contribution is -2.48. The molecule has 0 aliphatic carbocycles. The number of aromatic nitrogens is 1. The Kier molecular flexibility index (Phi) is 7.66. The minimum Gasteiger partial charge on any atom is -0.355 e. The van der Waals surface area contributed by atoms with Gasteiger partial charge in [0, 0.05) is 61.4 Å². The fraction of sp³-hybridized carbons (Fsp3) is 0.364. The molecule has 1 fully saturated rings. The standard InChI is InChI=1S/C22H24ClFN4OS2/c23-16-1-6-19-20(15-16)31-22(26-19)28-12-10-27(11-13-28)9-8-25-21(29)7-14-30-18-4-2-17(24)3-5-18/h1-6,15H,7-14H2,(H,25,29). The maximum absolute atomic E-state index is 12.9. The average Bonchev–Trinajstić information content (AvgIpc) is 3.19. The fourth-order valence-electron chi connectivity index (χ4n) is 3.42. The number of halogens is 2. The van der Waals surface area contributed by atoms with Gasteiger partial charge in [0.2, 0.25) is 5.91 Å². The van der Waals surface area contributed by atoms with E-state index in [0.29, 0.717) is 18.7 Å². The SMILES string of the molecule is O=C(CCSc1ccc(F)cc1)NCCN1CCN(c2nc3ccc(Cl)cc3s2)CC1. The molecule has 0 bridgehead atoms. The number of thiazole rings is 1. The molecule has 1 saturated heterocycles. The van der Waals surface area contributed by atoms with Gasteiger partial charge >= 0.3 is 0 Å². The van der Waals surface area contributed by atoms with E-state index in [4.69, 9.17) is 16.6 Å². The van der Waals surface area contributed by atoms with Gasteiger partial charge < -0.3 is 10.2 Å². The van der Waals surface area contributed by atoms with Gasteiger partial charge in [-0.2, -0.15) is 0 Å². The highest BCUT2D eigenvalue weighted by Gasteiger charge is 2.19. The van der Waals surface area contributed by atoms with E-state index < -0.39 is 0 Å². The smallest absolute Gasteiger partial charge is 0.220 e. The zero-order valence-electron chi connectivity index (χ0n) is 17.0. The van der Waals surface area contributed by atoms with Crippen LogP contribution >= 0.6 is 34.7 Å². The Bertz CT molecular complexity index is 1020. The Morgan fingerprint density at radius 2 is 1.94 bits per heavy atom. The van der Waals surface area contributed by atoms with Crippen LogP contribution in [-0.2, 0) is 4.79 Å². The Hall–Kier alpha value is -1.87. The maximum Gasteiger partial charge on any atom is 0.220 e. The molecular weight excluding hydrogens is 455 g/mol. The number of benzene rings is 2. The number of carbonyl (C=O) groups is 1. The number of carbonyl (C=O) groups excluding carboxylic acids is 1. The van der Waals surface area contributed by atoms with Crippen LogP contribution < -0.4 is 10.2 Å². The highest BCUT2D eigenvalue weighted by Crippen LogP contribution is 2.31. The first-order valence-corrected chi connectivity index (χ1v) is 12.4. The molecule has 1 N–H and O–H groups in total. The lowest BCUT2D eigenvalue weighted by Gasteiger charge is -2.34. The van der Waals surface area contributed by atoms with Gasteiger partial charge in [-0.15, -0.1) is 11.8 Å². The largest absolute Gasteiger partial charge is 0.355 e. The summed E-state index contributed by atoms with van der Waals surface area (Å²) in [6, 6.07) is 12.2. The molecule has 0 unspecified atom stereocenters. The summed E-state index contributed by atoms with van der Waals surface area (Å²) < 4.78 is 14.0. The minimum absolute atomic E-state index is 0.0568. The first-order chi connectivity index (χ1) is 15.1. The average molecular weight is 479 g/mol. The molecule has 2 aromatic carbocycles. The Labute approximate surface area is 194 Å². The minimum atomic E-state index is -0.243. The highest BCUT2D eigenvalue weighted by molar-refractivity contribution is 7.99. The van der Waals surface area contributed by atoms with E-state index in [9.17, 15) is 9.18 Å². The molecule has 4 rings (SSSR count). The number of hydrogen-bond acceptors (Lipinski definition) is 6. The van der Waals surface area contributed by atoms with Crippen LogP contribution in [0.1, 0.15) is 6.42 Å². The van der Waals surface area contributed by atoms with Crippen molar-refractivity contribution in [2.75, 3.05) is 49.9 Å². The van der Waals surface area contributed by atoms with Crippen LogP contribution in [0.5, 0.6) is 0 Å². The number of amides is 1. The van der Waals surface area contributed by atoms with Gasteiger partial charge in [0.15, 0.2) is 5.13 Å². The van der Waals surface area contributed by atoms with Gasteiger partial charge in [0.1, 0.15) is 5.82 Å². The first kappa shape index (κ1) is 22.3. The number of piperazine rings is 1. The second kappa shape index (κ2) is 10.6. The van der Waals surface area contributed by atoms with Gasteiger partial charge in [0.05, 0.1) is 10.2 Å². The number of anilines is 1. The van der Waals surface area contributed by atoms with Crippen LogP contribution in [0.15, 0.2) is 47.4 Å². The van der Waals surface area contributed by atoms with E-state index in [1.165, 1.54) is 12.1 Å². The molecule has 9 heteroatoms. The molecule has 0 saturated carbocycles. The Morgan fingerprint density at radius 1 is 1.16 bits per heavy atom. The van der Waals surface area contributed by atoms with Crippen molar-refractivity contribution in [3.63, 3.8) is 0 Å². The molecular formula is C22H24ClFN4OS2. The summed E-state index contributed by atoms with van der Waals surface area (Å²) >= 11 is 9.33. The highest BCUT2D eigenvalue weighted by atomic mass is 35.5.